The van der Waals surface area contributed by atoms with Crippen LogP contribution in [0.1, 0.15) is 15.9 Å². The zero-order valence-corrected chi connectivity index (χ0v) is 13.2. The second-order valence-electron chi connectivity index (χ2n) is 3.63. The second-order valence-corrected chi connectivity index (χ2v) is 6.89. The van der Waals surface area contributed by atoms with Crippen LogP contribution in [0.4, 0.5) is 4.39 Å². The van der Waals surface area contributed by atoms with Crippen LogP contribution in [0.5, 0.6) is 0 Å². The molecular formula is C12H11FN2O2S3. The highest BCUT2D eigenvalue weighted by atomic mass is 32.2. The van der Waals surface area contributed by atoms with Crippen molar-refractivity contribution < 1.29 is 13.9 Å². The summed E-state index contributed by atoms with van der Waals surface area (Å²) in [6.45, 7) is 0. The number of ether oxygens (including phenoxy) is 1. The maximum atomic E-state index is 13.7. The molecule has 0 saturated heterocycles. The number of aromatic nitrogens is 2. The van der Waals surface area contributed by atoms with E-state index in [1.165, 1.54) is 42.3 Å². The number of esters is 1. The first-order chi connectivity index (χ1) is 9.63. The lowest BCUT2D eigenvalue weighted by Gasteiger charge is -2.03. The van der Waals surface area contributed by atoms with Crippen LogP contribution in [0.2, 0.25) is 0 Å². The topological polar surface area (TPSA) is 52.1 Å². The fourth-order valence-corrected chi connectivity index (χ4v) is 3.79. The summed E-state index contributed by atoms with van der Waals surface area (Å²) >= 11 is 4.53. The fraction of sp³-hybridized carbons (Fsp3) is 0.250. The molecule has 4 nitrogen and oxygen atoms in total. The smallest absolute Gasteiger partial charge is 0.340 e. The standard InChI is InChI=1S/C12H11FN2O2S3/c1-17-10(16)8-4-3-7(5-9(8)13)6-19-12-15-14-11(18-2)20-12/h3-5H,6H2,1-2H3. The number of rotatable bonds is 5. The number of methoxy groups -OCH3 is 1. The molecule has 0 aliphatic rings. The van der Waals surface area contributed by atoms with Gasteiger partial charge >= 0.3 is 5.97 Å². The number of benzene rings is 1. The lowest BCUT2D eigenvalue weighted by atomic mass is 10.1. The third-order valence-electron chi connectivity index (χ3n) is 2.36. The number of nitrogens with zero attached hydrogens (tertiary/aromatic N) is 2. The lowest BCUT2D eigenvalue weighted by molar-refractivity contribution is 0.0595. The van der Waals surface area contributed by atoms with Crippen molar-refractivity contribution in [1.82, 2.24) is 10.2 Å². The predicted molar refractivity (Wildman–Crippen MR) is 79.0 cm³/mol. The van der Waals surface area contributed by atoms with E-state index in [2.05, 4.69) is 14.9 Å². The van der Waals surface area contributed by atoms with E-state index in [4.69, 9.17) is 0 Å². The Hall–Kier alpha value is -1.12. The molecule has 0 N–H and O–H groups in total. The number of halogens is 1. The van der Waals surface area contributed by atoms with Crippen molar-refractivity contribution in [3.63, 3.8) is 0 Å². The lowest BCUT2D eigenvalue weighted by Crippen LogP contribution is -2.04. The van der Waals surface area contributed by atoms with Gasteiger partial charge in [0.05, 0.1) is 12.7 Å². The summed E-state index contributed by atoms with van der Waals surface area (Å²) in [5.74, 6) is -0.672. The summed E-state index contributed by atoms with van der Waals surface area (Å²) in [5, 5.41) is 8.01. The van der Waals surface area contributed by atoms with Gasteiger partial charge in [-0.1, -0.05) is 40.9 Å². The Morgan fingerprint density at radius 1 is 1.40 bits per heavy atom. The Kier molecular flexibility index (Phi) is 5.38. The molecule has 2 aromatic rings. The van der Waals surface area contributed by atoms with Crippen LogP contribution in [-0.2, 0) is 10.5 Å². The highest BCUT2D eigenvalue weighted by Crippen LogP contribution is 2.29. The normalized spacial score (nSPS) is 10.6. The molecule has 0 aliphatic carbocycles. The average Bonchev–Trinajstić information content (AvgIpc) is 2.92. The molecule has 0 amide bonds. The third kappa shape index (κ3) is 3.71. The van der Waals surface area contributed by atoms with E-state index in [0.29, 0.717) is 5.75 Å². The van der Waals surface area contributed by atoms with E-state index in [0.717, 1.165) is 14.2 Å². The molecule has 0 fully saturated rings. The predicted octanol–water partition coefficient (Wildman–Crippen LogP) is 3.48. The summed E-state index contributed by atoms with van der Waals surface area (Å²) in [6.07, 6.45) is 1.94. The van der Waals surface area contributed by atoms with Crippen LogP contribution in [0.25, 0.3) is 0 Å². The number of carbonyl (C=O) groups is 1. The quantitative estimate of drug-likeness (QED) is 0.618. The molecule has 0 saturated carbocycles. The van der Waals surface area contributed by atoms with E-state index in [1.54, 1.807) is 17.8 Å². The second kappa shape index (κ2) is 7.05. The van der Waals surface area contributed by atoms with Crippen molar-refractivity contribution in [2.75, 3.05) is 13.4 Å². The zero-order valence-electron chi connectivity index (χ0n) is 10.8. The van der Waals surface area contributed by atoms with Gasteiger partial charge in [-0.05, 0) is 24.0 Å². The van der Waals surface area contributed by atoms with Gasteiger partial charge in [-0.2, -0.15) is 0 Å². The van der Waals surface area contributed by atoms with Crippen LogP contribution in [0.15, 0.2) is 26.9 Å². The van der Waals surface area contributed by atoms with Crippen LogP contribution in [0, 0.1) is 5.82 Å². The van der Waals surface area contributed by atoms with Crippen LogP contribution >= 0.6 is 34.9 Å². The maximum absolute atomic E-state index is 13.7. The average molecular weight is 330 g/mol. The van der Waals surface area contributed by atoms with Gasteiger partial charge in [0.25, 0.3) is 0 Å². The van der Waals surface area contributed by atoms with Crippen LogP contribution in [-0.4, -0.2) is 29.5 Å². The van der Waals surface area contributed by atoms with E-state index in [1.807, 2.05) is 6.26 Å². The van der Waals surface area contributed by atoms with E-state index in [-0.39, 0.29) is 5.56 Å². The molecule has 1 aromatic carbocycles. The molecule has 0 radical (unpaired) electrons. The molecule has 0 aliphatic heterocycles. The summed E-state index contributed by atoms with van der Waals surface area (Å²) in [6, 6.07) is 4.49. The highest BCUT2D eigenvalue weighted by molar-refractivity contribution is 8.02. The van der Waals surface area contributed by atoms with Gasteiger partial charge in [0.15, 0.2) is 8.68 Å². The zero-order chi connectivity index (χ0) is 14.5. The molecule has 1 heterocycles. The number of thioether (sulfide) groups is 2. The van der Waals surface area contributed by atoms with E-state index in [9.17, 15) is 9.18 Å². The SMILES string of the molecule is COC(=O)c1ccc(CSc2nnc(SC)s2)cc1F. The maximum Gasteiger partial charge on any atom is 0.340 e. The Morgan fingerprint density at radius 2 is 2.15 bits per heavy atom. The Bertz CT molecular complexity index is 618. The first-order valence-corrected chi connectivity index (χ1v) is 8.53. The number of carbonyl (C=O) groups excluding carboxylic acids is 1. The summed E-state index contributed by atoms with van der Waals surface area (Å²) in [4.78, 5) is 11.3. The summed E-state index contributed by atoms with van der Waals surface area (Å²) in [7, 11) is 1.23. The number of hydrogen-bond donors (Lipinski definition) is 0. The Morgan fingerprint density at radius 3 is 2.75 bits per heavy atom. The first-order valence-electron chi connectivity index (χ1n) is 5.51. The van der Waals surface area contributed by atoms with Crippen LogP contribution in [0.3, 0.4) is 0 Å². The highest BCUT2D eigenvalue weighted by Gasteiger charge is 2.12. The van der Waals surface area contributed by atoms with Crippen molar-refractivity contribution >= 4 is 40.8 Å². The molecular weight excluding hydrogens is 319 g/mol. The monoisotopic (exact) mass is 330 g/mol. The third-order valence-corrected chi connectivity index (χ3v) is 5.47. The molecule has 106 valence electrons. The van der Waals surface area contributed by atoms with Gasteiger partial charge in [-0.15, -0.1) is 10.2 Å². The van der Waals surface area contributed by atoms with Crippen molar-refractivity contribution in [2.24, 2.45) is 0 Å². The van der Waals surface area contributed by atoms with Crippen LogP contribution < -0.4 is 0 Å². The van der Waals surface area contributed by atoms with Gasteiger partial charge < -0.3 is 4.74 Å². The minimum Gasteiger partial charge on any atom is -0.465 e. The summed E-state index contributed by atoms with van der Waals surface area (Å²) in [5.41, 5.74) is 0.725. The Labute approximate surface area is 128 Å². The Balaban J connectivity index is 2.03. The molecule has 8 heteroatoms. The van der Waals surface area contributed by atoms with Crippen molar-refractivity contribution in [3.05, 3.63) is 35.1 Å². The molecule has 20 heavy (non-hydrogen) atoms. The molecule has 2 rings (SSSR count). The van der Waals surface area contributed by atoms with E-state index >= 15 is 0 Å². The van der Waals surface area contributed by atoms with E-state index < -0.39 is 11.8 Å². The molecule has 0 spiro atoms. The van der Waals surface area contributed by atoms with Crippen molar-refractivity contribution in [1.29, 1.82) is 0 Å². The van der Waals surface area contributed by atoms with Gasteiger partial charge in [0, 0.05) is 5.75 Å². The van der Waals surface area contributed by atoms with Crippen molar-refractivity contribution in [3.8, 4) is 0 Å². The molecule has 0 bridgehead atoms. The molecule has 1 aromatic heterocycles. The molecule has 0 unspecified atom stereocenters. The number of hydrogen-bond acceptors (Lipinski definition) is 7. The van der Waals surface area contributed by atoms with Gasteiger partial charge in [0.2, 0.25) is 0 Å². The van der Waals surface area contributed by atoms with Crippen molar-refractivity contribution in [2.45, 2.75) is 14.4 Å². The fourth-order valence-electron chi connectivity index (χ4n) is 1.41. The minimum absolute atomic E-state index is 0.0539. The summed E-state index contributed by atoms with van der Waals surface area (Å²) < 4.78 is 20.0. The van der Waals surface area contributed by atoms with Gasteiger partial charge in [-0.3, -0.25) is 0 Å². The van der Waals surface area contributed by atoms with Gasteiger partial charge in [0.1, 0.15) is 5.82 Å². The first kappa shape index (κ1) is 15.3. The largest absolute Gasteiger partial charge is 0.465 e. The molecule has 0 atom stereocenters. The van der Waals surface area contributed by atoms with Gasteiger partial charge in [-0.25, -0.2) is 9.18 Å². The minimum atomic E-state index is -0.671.